The summed E-state index contributed by atoms with van der Waals surface area (Å²) in [5, 5.41) is 6.36. The predicted octanol–water partition coefficient (Wildman–Crippen LogP) is 2.68. The second-order valence-electron chi connectivity index (χ2n) is 6.58. The molecule has 2 N–H and O–H groups in total. The van der Waals surface area contributed by atoms with E-state index in [0.29, 0.717) is 35.2 Å². The number of hydrogen-bond donors (Lipinski definition) is 1. The van der Waals surface area contributed by atoms with Crippen LogP contribution in [0.15, 0.2) is 40.9 Å². The van der Waals surface area contributed by atoms with Gasteiger partial charge < -0.3 is 19.3 Å². The summed E-state index contributed by atoms with van der Waals surface area (Å²) < 4.78 is 16.2. The molecular formula is C21H26N3O3+. The van der Waals surface area contributed by atoms with Gasteiger partial charge in [0.05, 0.1) is 27.2 Å². The third-order valence-electron chi connectivity index (χ3n) is 4.34. The molecule has 0 fully saturated rings. The smallest absolute Gasteiger partial charge is 0.232 e. The lowest BCUT2D eigenvalue weighted by Gasteiger charge is -2.09. The Hall–Kier alpha value is -2.86. The maximum absolute atomic E-state index is 5.42. The molecule has 1 heterocycles. The van der Waals surface area contributed by atoms with Crippen molar-refractivity contribution in [3.63, 3.8) is 0 Å². The van der Waals surface area contributed by atoms with E-state index in [1.165, 1.54) is 16.7 Å². The van der Waals surface area contributed by atoms with Gasteiger partial charge in [-0.15, -0.1) is 0 Å². The Morgan fingerprint density at radius 3 is 2.30 bits per heavy atom. The quantitative estimate of drug-likeness (QED) is 0.619. The van der Waals surface area contributed by atoms with Crippen LogP contribution < -0.4 is 14.8 Å². The maximum atomic E-state index is 5.42. The molecule has 0 atom stereocenters. The van der Waals surface area contributed by atoms with Gasteiger partial charge in [0.1, 0.15) is 23.6 Å². The van der Waals surface area contributed by atoms with E-state index in [1.54, 1.807) is 14.2 Å². The lowest BCUT2D eigenvalue weighted by Crippen LogP contribution is -2.83. The number of hydrogen-bond acceptors (Lipinski definition) is 5. The summed E-state index contributed by atoms with van der Waals surface area (Å²) in [6.45, 7) is 6.06. The Morgan fingerprint density at radius 1 is 1.00 bits per heavy atom. The zero-order valence-electron chi connectivity index (χ0n) is 16.3. The SMILES string of the molecule is COc1cccc(OC)c1-c1noc(CC[NH2+]Cc2cc(C)cc(C)c2)n1. The molecule has 0 amide bonds. The van der Waals surface area contributed by atoms with Crippen LogP contribution >= 0.6 is 0 Å². The number of ether oxygens (including phenoxy) is 2. The van der Waals surface area contributed by atoms with Crippen molar-refractivity contribution in [2.75, 3.05) is 20.8 Å². The molecule has 0 saturated heterocycles. The fourth-order valence-electron chi connectivity index (χ4n) is 3.21. The highest BCUT2D eigenvalue weighted by molar-refractivity contribution is 5.71. The molecule has 0 aliphatic heterocycles. The number of methoxy groups -OCH3 is 2. The van der Waals surface area contributed by atoms with Crippen molar-refractivity contribution in [2.45, 2.75) is 26.8 Å². The summed E-state index contributed by atoms with van der Waals surface area (Å²) in [6.07, 6.45) is 0.704. The normalized spacial score (nSPS) is 10.8. The number of nitrogens with zero attached hydrogens (tertiary/aromatic N) is 2. The Balaban J connectivity index is 1.62. The molecule has 0 unspecified atom stereocenters. The lowest BCUT2D eigenvalue weighted by atomic mass is 10.1. The van der Waals surface area contributed by atoms with Gasteiger partial charge in [0.2, 0.25) is 11.7 Å². The Labute approximate surface area is 159 Å². The molecule has 6 nitrogen and oxygen atoms in total. The van der Waals surface area contributed by atoms with Gasteiger partial charge in [-0.05, 0) is 26.0 Å². The molecule has 0 saturated carbocycles. The Morgan fingerprint density at radius 2 is 1.67 bits per heavy atom. The minimum absolute atomic E-state index is 0.480. The van der Waals surface area contributed by atoms with E-state index in [1.807, 2.05) is 18.2 Å². The Kier molecular flexibility index (Phi) is 6.08. The lowest BCUT2D eigenvalue weighted by molar-refractivity contribution is -0.670. The van der Waals surface area contributed by atoms with Gasteiger partial charge in [0.25, 0.3) is 0 Å². The van der Waals surface area contributed by atoms with Crippen LogP contribution in [0.4, 0.5) is 0 Å². The summed E-state index contributed by atoms with van der Waals surface area (Å²) in [5.74, 6) is 2.40. The van der Waals surface area contributed by atoms with Crippen molar-refractivity contribution < 1.29 is 19.3 Å². The van der Waals surface area contributed by atoms with Crippen LogP contribution in [0.2, 0.25) is 0 Å². The van der Waals surface area contributed by atoms with Crippen LogP contribution in [0.3, 0.4) is 0 Å². The average molecular weight is 368 g/mol. The second-order valence-corrected chi connectivity index (χ2v) is 6.58. The van der Waals surface area contributed by atoms with E-state index >= 15 is 0 Å². The van der Waals surface area contributed by atoms with E-state index in [-0.39, 0.29) is 0 Å². The fourth-order valence-corrected chi connectivity index (χ4v) is 3.21. The molecule has 0 radical (unpaired) electrons. The van der Waals surface area contributed by atoms with Gasteiger partial charge in [-0.2, -0.15) is 4.98 Å². The molecule has 142 valence electrons. The minimum Gasteiger partial charge on any atom is -0.496 e. The first-order valence-corrected chi connectivity index (χ1v) is 9.03. The van der Waals surface area contributed by atoms with Gasteiger partial charge >= 0.3 is 0 Å². The van der Waals surface area contributed by atoms with Crippen molar-refractivity contribution >= 4 is 0 Å². The third kappa shape index (κ3) is 4.65. The minimum atomic E-state index is 0.480. The zero-order valence-corrected chi connectivity index (χ0v) is 16.3. The molecule has 0 aliphatic rings. The summed E-state index contributed by atoms with van der Waals surface area (Å²) in [4.78, 5) is 4.51. The van der Waals surface area contributed by atoms with Crippen molar-refractivity contribution in [1.82, 2.24) is 10.1 Å². The fraction of sp³-hybridized carbons (Fsp3) is 0.333. The molecular weight excluding hydrogens is 342 g/mol. The summed E-state index contributed by atoms with van der Waals surface area (Å²) in [5.41, 5.74) is 4.63. The van der Waals surface area contributed by atoms with Gasteiger partial charge in [-0.25, -0.2) is 0 Å². The molecule has 0 spiro atoms. The Bertz CT molecular complexity index is 863. The molecule has 2 aromatic carbocycles. The van der Waals surface area contributed by atoms with Crippen LogP contribution in [0.5, 0.6) is 11.5 Å². The maximum Gasteiger partial charge on any atom is 0.232 e. The number of aromatic nitrogens is 2. The molecule has 0 bridgehead atoms. The number of rotatable bonds is 8. The third-order valence-corrected chi connectivity index (χ3v) is 4.34. The molecule has 6 heteroatoms. The predicted molar refractivity (Wildman–Crippen MR) is 103 cm³/mol. The van der Waals surface area contributed by atoms with Gasteiger partial charge in [-0.3, -0.25) is 0 Å². The summed E-state index contributed by atoms with van der Waals surface area (Å²) in [7, 11) is 3.22. The molecule has 0 aliphatic carbocycles. The van der Waals surface area contributed by atoms with Gasteiger partial charge in [0, 0.05) is 5.56 Å². The van der Waals surface area contributed by atoms with Gasteiger partial charge in [-0.1, -0.05) is 40.5 Å². The van der Waals surface area contributed by atoms with E-state index in [4.69, 9.17) is 14.0 Å². The molecule has 3 aromatic rings. The first-order chi connectivity index (χ1) is 13.1. The van der Waals surface area contributed by atoms with Crippen LogP contribution in [-0.4, -0.2) is 30.9 Å². The highest BCUT2D eigenvalue weighted by Crippen LogP contribution is 2.36. The van der Waals surface area contributed by atoms with E-state index in [0.717, 1.165) is 13.1 Å². The van der Waals surface area contributed by atoms with E-state index < -0.39 is 0 Å². The van der Waals surface area contributed by atoms with Crippen molar-refractivity contribution in [2.24, 2.45) is 0 Å². The number of nitrogens with two attached hydrogens (primary N) is 1. The van der Waals surface area contributed by atoms with E-state index in [2.05, 4.69) is 47.5 Å². The largest absolute Gasteiger partial charge is 0.496 e. The average Bonchev–Trinajstić information content (AvgIpc) is 3.12. The monoisotopic (exact) mass is 368 g/mol. The molecule has 27 heavy (non-hydrogen) atoms. The summed E-state index contributed by atoms with van der Waals surface area (Å²) >= 11 is 0. The topological polar surface area (TPSA) is 74.0 Å². The first kappa shape index (κ1) is 18.9. The van der Waals surface area contributed by atoms with Crippen molar-refractivity contribution in [3.8, 4) is 22.9 Å². The number of benzene rings is 2. The molecule has 1 aromatic heterocycles. The number of aryl methyl sites for hydroxylation is 2. The van der Waals surface area contributed by atoms with Crippen LogP contribution in [0.25, 0.3) is 11.4 Å². The first-order valence-electron chi connectivity index (χ1n) is 9.03. The summed E-state index contributed by atoms with van der Waals surface area (Å²) in [6, 6.07) is 12.2. The van der Waals surface area contributed by atoms with Gasteiger partial charge in [0.15, 0.2) is 0 Å². The van der Waals surface area contributed by atoms with Crippen LogP contribution in [0, 0.1) is 13.8 Å². The zero-order chi connectivity index (χ0) is 19.2. The standard InChI is InChI=1S/C21H25N3O3/c1-14-10-15(2)12-16(11-14)13-22-9-8-19-23-21(24-27-19)20-17(25-3)6-5-7-18(20)26-4/h5-7,10-12,22H,8-9,13H2,1-4H3/p+1. The molecule has 3 rings (SSSR count). The highest BCUT2D eigenvalue weighted by atomic mass is 16.5. The van der Waals surface area contributed by atoms with Crippen molar-refractivity contribution in [3.05, 3.63) is 59.0 Å². The highest BCUT2D eigenvalue weighted by Gasteiger charge is 2.18. The van der Waals surface area contributed by atoms with Crippen molar-refractivity contribution in [1.29, 1.82) is 0 Å². The van der Waals surface area contributed by atoms with E-state index in [9.17, 15) is 0 Å². The van der Waals surface area contributed by atoms with Crippen LogP contribution in [-0.2, 0) is 13.0 Å². The van der Waals surface area contributed by atoms with Crippen LogP contribution in [0.1, 0.15) is 22.6 Å². The second kappa shape index (κ2) is 8.68. The number of quaternary nitrogens is 1.